The van der Waals surface area contributed by atoms with E-state index < -0.39 is 0 Å². The summed E-state index contributed by atoms with van der Waals surface area (Å²) in [5.74, 6) is 2.43. The van der Waals surface area contributed by atoms with Crippen molar-refractivity contribution < 1.29 is 9.47 Å². The van der Waals surface area contributed by atoms with Crippen molar-refractivity contribution in [2.75, 3.05) is 12.4 Å². The van der Waals surface area contributed by atoms with Crippen molar-refractivity contribution in [2.45, 2.75) is 31.9 Å². The predicted octanol–water partition coefficient (Wildman–Crippen LogP) is 9.53. The molecule has 0 bridgehead atoms. The van der Waals surface area contributed by atoms with Crippen LogP contribution in [0.5, 0.6) is 11.5 Å². The van der Waals surface area contributed by atoms with Crippen LogP contribution in [0.4, 0.5) is 11.4 Å². The van der Waals surface area contributed by atoms with Gasteiger partial charge in [-0.05, 0) is 107 Å². The fraction of sp³-hybridized carbons (Fsp3) is 0.206. The van der Waals surface area contributed by atoms with E-state index in [1.54, 1.807) is 7.11 Å². The maximum atomic E-state index is 6.13. The van der Waals surface area contributed by atoms with Gasteiger partial charge < -0.3 is 14.8 Å². The quantitative estimate of drug-likeness (QED) is 0.118. The zero-order valence-corrected chi connectivity index (χ0v) is 26.1. The van der Waals surface area contributed by atoms with Gasteiger partial charge in [0.25, 0.3) is 0 Å². The normalized spacial score (nSPS) is 19.2. The predicted molar refractivity (Wildman–Crippen MR) is 175 cm³/mol. The topological polar surface area (TPSA) is 42.8 Å². The van der Waals surface area contributed by atoms with Crippen LogP contribution in [-0.4, -0.2) is 13.3 Å². The van der Waals surface area contributed by atoms with Gasteiger partial charge in [0.1, 0.15) is 6.61 Å². The highest BCUT2D eigenvalue weighted by atomic mass is 127. The molecule has 6 rings (SSSR count). The molecule has 0 radical (unpaired) electrons. The fourth-order valence-corrected chi connectivity index (χ4v) is 6.70. The third-order valence-corrected chi connectivity index (χ3v) is 9.01. The van der Waals surface area contributed by atoms with Crippen LogP contribution in [-0.2, 0) is 6.61 Å². The lowest BCUT2D eigenvalue weighted by Crippen LogP contribution is -2.29. The van der Waals surface area contributed by atoms with Gasteiger partial charge in [-0.2, -0.15) is 0 Å². The van der Waals surface area contributed by atoms with E-state index >= 15 is 0 Å². The summed E-state index contributed by atoms with van der Waals surface area (Å²) in [6.45, 7) is 2.64. The first-order valence-electron chi connectivity index (χ1n) is 13.4. The Morgan fingerprint density at radius 1 is 1.02 bits per heavy atom. The molecular weight excluding hydrogens is 675 g/mol. The van der Waals surface area contributed by atoms with Crippen LogP contribution in [0.1, 0.15) is 46.2 Å². The first-order valence-corrected chi connectivity index (χ1v) is 15.3. The van der Waals surface area contributed by atoms with Crippen molar-refractivity contribution in [3.63, 3.8) is 0 Å². The van der Waals surface area contributed by atoms with Gasteiger partial charge >= 0.3 is 0 Å². The molecule has 0 saturated carbocycles. The van der Waals surface area contributed by atoms with E-state index in [1.807, 2.05) is 36.5 Å². The number of nitrogens with zero attached hydrogens (tertiary/aromatic N) is 1. The van der Waals surface area contributed by atoms with Crippen molar-refractivity contribution in [3.05, 3.63) is 127 Å². The minimum atomic E-state index is 0.282. The molecule has 1 heterocycles. The van der Waals surface area contributed by atoms with Crippen molar-refractivity contribution in [3.8, 4) is 11.5 Å². The number of allylic oxidation sites excluding steroid dienone is 2. The Balaban J connectivity index is 1.16. The third kappa shape index (κ3) is 5.70. The highest BCUT2D eigenvalue weighted by Crippen LogP contribution is 2.50. The maximum Gasteiger partial charge on any atom is 0.174 e. The van der Waals surface area contributed by atoms with Crippen LogP contribution < -0.4 is 14.8 Å². The number of hydrogen-bond donors (Lipinski definition) is 1. The lowest BCUT2D eigenvalue weighted by molar-refractivity contribution is 0.282. The number of aliphatic imine (C=N–C) groups is 1. The van der Waals surface area contributed by atoms with Crippen LogP contribution in [0.3, 0.4) is 0 Å². The van der Waals surface area contributed by atoms with E-state index in [4.69, 9.17) is 14.5 Å². The Labute approximate surface area is 257 Å². The maximum absolute atomic E-state index is 6.13. The Morgan fingerprint density at radius 3 is 2.60 bits per heavy atom. The van der Waals surface area contributed by atoms with E-state index in [1.165, 1.54) is 22.4 Å². The van der Waals surface area contributed by atoms with E-state index in [0.29, 0.717) is 24.2 Å². The molecule has 1 N–H and O–H groups in total. The molecule has 0 fully saturated rings. The summed E-state index contributed by atoms with van der Waals surface area (Å²) < 4.78 is 13.8. The zero-order chi connectivity index (χ0) is 27.6. The number of methoxy groups -OCH3 is 1. The van der Waals surface area contributed by atoms with Gasteiger partial charge in [0, 0.05) is 22.3 Å². The number of halogens is 2. The lowest BCUT2D eigenvalue weighted by atomic mass is 9.76. The molecule has 0 aromatic heterocycles. The molecular formula is C34H30BrIN2O2. The molecule has 40 heavy (non-hydrogen) atoms. The first kappa shape index (κ1) is 27.1. The van der Waals surface area contributed by atoms with Gasteiger partial charge in [-0.3, -0.25) is 4.99 Å². The first-order chi connectivity index (χ1) is 19.5. The molecule has 0 amide bonds. The molecule has 4 aromatic rings. The zero-order valence-electron chi connectivity index (χ0n) is 22.4. The van der Waals surface area contributed by atoms with Gasteiger partial charge in [-0.25, -0.2) is 0 Å². The van der Waals surface area contributed by atoms with Crippen LogP contribution in [0.25, 0.3) is 0 Å². The molecule has 1 aliphatic carbocycles. The van der Waals surface area contributed by atoms with Crippen molar-refractivity contribution in [1.82, 2.24) is 0 Å². The van der Waals surface area contributed by atoms with Crippen molar-refractivity contribution >= 4 is 56.1 Å². The van der Waals surface area contributed by atoms with Gasteiger partial charge in [0.2, 0.25) is 0 Å². The third-order valence-electron chi connectivity index (χ3n) is 7.68. The Kier molecular flexibility index (Phi) is 7.98. The number of benzene rings is 4. The van der Waals surface area contributed by atoms with Gasteiger partial charge in [-0.1, -0.05) is 70.0 Å². The minimum absolute atomic E-state index is 0.282. The second-order valence-corrected chi connectivity index (χ2v) is 12.4. The Hall–Kier alpha value is -3.10. The Morgan fingerprint density at radius 2 is 1.82 bits per heavy atom. The van der Waals surface area contributed by atoms with E-state index in [0.717, 1.165) is 37.0 Å². The summed E-state index contributed by atoms with van der Waals surface area (Å²) in [4.78, 5) is 4.76. The van der Waals surface area contributed by atoms with Crippen LogP contribution >= 0.6 is 38.5 Å². The molecule has 4 nitrogen and oxygen atoms in total. The minimum Gasteiger partial charge on any atom is -0.493 e. The molecule has 1 aliphatic heterocycles. The number of nitrogens with one attached hydrogen (secondary N) is 1. The fourth-order valence-electron chi connectivity index (χ4n) is 5.65. The van der Waals surface area contributed by atoms with Crippen molar-refractivity contribution in [2.24, 2.45) is 10.9 Å². The summed E-state index contributed by atoms with van der Waals surface area (Å²) in [6.07, 6.45) is 7.71. The summed E-state index contributed by atoms with van der Waals surface area (Å²) in [7, 11) is 1.67. The SMILES string of the molecule is COc1cc(C=Nc2ccc([C@@H]3Nc4ccc(C)cc4[C@H]4C=CC[C@@H]43)cc2)cc(I)c1OCc1ccc(Br)cc1. The highest BCUT2D eigenvalue weighted by molar-refractivity contribution is 14.1. The van der Waals surface area contributed by atoms with Crippen LogP contribution in [0, 0.1) is 16.4 Å². The van der Waals surface area contributed by atoms with E-state index in [2.05, 4.69) is 111 Å². The number of hydrogen-bond acceptors (Lipinski definition) is 4. The summed E-state index contributed by atoms with van der Waals surface area (Å²) in [6, 6.07) is 27.8. The van der Waals surface area contributed by atoms with Gasteiger partial charge in [0.05, 0.1) is 22.4 Å². The summed E-state index contributed by atoms with van der Waals surface area (Å²) >= 11 is 5.77. The average molecular weight is 705 g/mol. The monoisotopic (exact) mass is 704 g/mol. The molecule has 4 aromatic carbocycles. The van der Waals surface area contributed by atoms with Crippen LogP contribution in [0.15, 0.2) is 100 Å². The molecule has 3 atom stereocenters. The number of ether oxygens (including phenoxy) is 2. The highest BCUT2D eigenvalue weighted by Gasteiger charge is 2.37. The molecule has 0 spiro atoms. The number of rotatable bonds is 7. The smallest absolute Gasteiger partial charge is 0.174 e. The molecule has 0 unspecified atom stereocenters. The molecule has 0 saturated heterocycles. The van der Waals surface area contributed by atoms with Gasteiger partial charge in [0.15, 0.2) is 11.5 Å². The Bertz CT molecular complexity index is 1580. The van der Waals surface area contributed by atoms with E-state index in [9.17, 15) is 0 Å². The second-order valence-electron chi connectivity index (χ2n) is 10.4. The van der Waals surface area contributed by atoms with Gasteiger partial charge in [-0.15, -0.1) is 0 Å². The number of anilines is 1. The molecule has 2 aliphatic rings. The second kappa shape index (κ2) is 11.8. The average Bonchev–Trinajstić information content (AvgIpc) is 3.47. The number of aryl methyl sites for hydroxylation is 1. The number of fused-ring (bicyclic) bond motifs is 3. The standard InChI is InChI=1S/C34H30BrIN2O2/c1-21-6-15-31-29(16-21)27-4-3-5-28(27)33(38-31)24-9-13-26(14-10-24)37-19-23-17-30(36)34(32(18-23)39-2)40-20-22-7-11-25(35)12-8-22/h3-4,6-19,27-28,33,38H,5,20H2,1-2H3/t27-,28-,33-/m0/s1. The largest absolute Gasteiger partial charge is 0.493 e. The van der Waals surface area contributed by atoms with E-state index in [-0.39, 0.29) is 6.04 Å². The molecule has 202 valence electrons. The van der Waals surface area contributed by atoms with Crippen molar-refractivity contribution in [1.29, 1.82) is 0 Å². The van der Waals surface area contributed by atoms with Crippen LogP contribution in [0.2, 0.25) is 0 Å². The summed E-state index contributed by atoms with van der Waals surface area (Å²) in [5, 5.41) is 3.83. The summed E-state index contributed by atoms with van der Waals surface area (Å²) in [5.41, 5.74) is 8.26. The lowest BCUT2D eigenvalue weighted by Gasteiger charge is -2.37. The molecule has 6 heteroatoms.